The van der Waals surface area contributed by atoms with Gasteiger partial charge in [0.05, 0.1) is 10.0 Å². The Hall–Kier alpha value is -0.770. The molecule has 1 aromatic carbocycles. The smallest absolute Gasteiger partial charge is 0.250 e. The molecular weight excluding hydrogens is 309 g/mol. The highest BCUT2D eigenvalue weighted by Crippen LogP contribution is 2.26. The first-order valence-corrected chi connectivity index (χ1v) is 6.76. The predicted octanol–water partition coefficient (Wildman–Crippen LogP) is 4.15. The molecule has 0 heterocycles. The standard InChI is InChI=1S/C13H14Cl3NO2/c1-13(2,3)11(18)10(16)12(19)17-7-4-5-8(14)9(15)6-7/h4-6,10H,1-3H3,(H,17,19). The maximum Gasteiger partial charge on any atom is 0.250 e. The SMILES string of the molecule is CC(C)(C)C(=O)C(Cl)C(=O)Nc1ccc(Cl)c(Cl)c1. The van der Waals surface area contributed by atoms with Gasteiger partial charge in [-0.05, 0) is 18.2 Å². The molecule has 0 saturated carbocycles. The average molecular weight is 323 g/mol. The predicted molar refractivity (Wildman–Crippen MR) is 79.2 cm³/mol. The highest BCUT2D eigenvalue weighted by molar-refractivity contribution is 6.44. The van der Waals surface area contributed by atoms with Crippen LogP contribution in [0.1, 0.15) is 20.8 Å². The lowest BCUT2D eigenvalue weighted by molar-refractivity contribution is -0.130. The van der Waals surface area contributed by atoms with Crippen LogP contribution in [0, 0.1) is 5.41 Å². The molecule has 1 N–H and O–H groups in total. The van der Waals surface area contributed by atoms with Crippen LogP contribution in [-0.2, 0) is 9.59 Å². The molecule has 0 spiro atoms. The zero-order valence-corrected chi connectivity index (χ0v) is 13.0. The minimum atomic E-state index is -1.24. The van der Waals surface area contributed by atoms with E-state index in [2.05, 4.69) is 5.32 Å². The molecule has 0 aromatic heterocycles. The largest absolute Gasteiger partial charge is 0.324 e. The number of hydrogen-bond donors (Lipinski definition) is 1. The first-order valence-electron chi connectivity index (χ1n) is 5.57. The Balaban J connectivity index is 2.80. The van der Waals surface area contributed by atoms with Crippen molar-refractivity contribution in [1.82, 2.24) is 0 Å². The fourth-order valence-electron chi connectivity index (χ4n) is 1.28. The van der Waals surface area contributed by atoms with Crippen LogP contribution in [0.5, 0.6) is 0 Å². The summed E-state index contributed by atoms with van der Waals surface area (Å²) in [7, 11) is 0. The fraction of sp³-hybridized carbons (Fsp3) is 0.385. The summed E-state index contributed by atoms with van der Waals surface area (Å²) in [6, 6.07) is 4.62. The van der Waals surface area contributed by atoms with E-state index in [-0.39, 0.29) is 5.78 Å². The van der Waals surface area contributed by atoms with Crippen molar-refractivity contribution in [3.05, 3.63) is 28.2 Å². The molecule has 1 atom stereocenters. The number of Topliss-reactive ketones (excluding diaryl/α,β-unsaturated/α-hetero) is 1. The highest BCUT2D eigenvalue weighted by Gasteiger charge is 2.33. The second kappa shape index (κ2) is 6.12. The third-order valence-electron chi connectivity index (χ3n) is 2.39. The van der Waals surface area contributed by atoms with E-state index in [9.17, 15) is 9.59 Å². The van der Waals surface area contributed by atoms with Gasteiger partial charge < -0.3 is 5.32 Å². The summed E-state index contributed by atoms with van der Waals surface area (Å²) in [6.45, 7) is 5.12. The molecule has 1 amide bonds. The second-order valence-corrected chi connectivity index (χ2v) is 6.35. The zero-order chi connectivity index (χ0) is 14.8. The van der Waals surface area contributed by atoms with Gasteiger partial charge in [0.25, 0.3) is 0 Å². The first kappa shape index (κ1) is 16.3. The van der Waals surface area contributed by atoms with E-state index in [0.717, 1.165) is 0 Å². The van der Waals surface area contributed by atoms with Crippen molar-refractivity contribution in [3.63, 3.8) is 0 Å². The molecule has 1 aromatic rings. The monoisotopic (exact) mass is 321 g/mol. The maximum atomic E-state index is 11.9. The van der Waals surface area contributed by atoms with Crippen molar-refractivity contribution in [1.29, 1.82) is 0 Å². The first-order chi connectivity index (χ1) is 8.62. The fourth-order valence-corrected chi connectivity index (χ4v) is 1.96. The molecule has 1 rings (SSSR count). The molecule has 0 aliphatic rings. The van der Waals surface area contributed by atoms with Crippen LogP contribution < -0.4 is 5.32 Å². The van der Waals surface area contributed by atoms with Crippen LogP contribution in [0.15, 0.2) is 18.2 Å². The third kappa shape index (κ3) is 4.37. The average Bonchev–Trinajstić information content (AvgIpc) is 2.30. The lowest BCUT2D eigenvalue weighted by Gasteiger charge is -2.20. The highest BCUT2D eigenvalue weighted by atomic mass is 35.5. The molecule has 19 heavy (non-hydrogen) atoms. The van der Waals surface area contributed by atoms with E-state index >= 15 is 0 Å². The number of halogens is 3. The van der Waals surface area contributed by atoms with E-state index in [1.165, 1.54) is 6.07 Å². The Morgan fingerprint density at radius 3 is 2.21 bits per heavy atom. The van der Waals surface area contributed by atoms with E-state index < -0.39 is 16.7 Å². The normalized spacial score (nSPS) is 12.9. The number of amides is 1. The Morgan fingerprint density at radius 2 is 1.74 bits per heavy atom. The van der Waals surface area contributed by atoms with Crippen LogP contribution in [0.4, 0.5) is 5.69 Å². The van der Waals surface area contributed by atoms with E-state index in [0.29, 0.717) is 15.7 Å². The number of rotatable bonds is 3. The Labute approximate surface area is 127 Å². The minimum absolute atomic E-state index is 0.313. The van der Waals surface area contributed by atoms with Gasteiger partial charge >= 0.3 is 0 Å². The topological polar surface area (TPSA) is 46.2 Å². The van der Waals surface area contributed by atoms with Crippen molar-refractivity contribution >= 4 is 52.2 Å². The third-order valence-corrected chi connectivity index (χ3v) is 3.52. The molecule has 3 nitrogen and oxygen atoms in total. The van der Waals surface area contributed by atoms with Crippen LogP contribution in [0.3, 0.4) is 0 Å². The molecule has 0 radical (unpaired) electrons. The summed E-state index contributed by atoms with van der Waals surface area (Å²) in [4.78, 5) is 23.7. The zero-order valence-electron chi connectivity index (χ0n) is 10.8. The van der Waals surface area contributed by atoms with Crippen molar-refractivity contribution in [2.75, 3.05) is 5.32 Å². The number of benzene rings is 1. The molecule has 0 saturated heterocycles. The number of alkyl halides is 1. The summed E-state index contributed by atoms with van der Waals surface area (Å²) in [5.74, 6) is -0.924. The van der Waals surface area contributed by atoms with Crippen molar-refractivity contribution in [2.45, 2.75) is 26.1 Å². The summed E-state index contributed by atoms with van der Waals surface area (Å²) in [5.41, 5.74) is -0.242. The van der Waals surface area contributed by atoms with E-state index in [4.69, 9.17) is 34.8 Å². The number of carbonyl (C=O) groups is 2. The molecule has 6 heteroatoms. The van der Waals surface area contributed by atoms with Gasteiger partial charge in [0.2, 0.25) is 5.91 Å². The minimum Gasteiger partial charge on any atom is -0.324 e. The Bertz CT molecular complexity index is 509. The van der Waals surface area contributed by atoms with Crippen LogP contribution in [0.2, 0.25) is 10.0 Å². The van der Waals surface area contributed by atoms with Crippen molar-refractivity contribution in [2.24, 2.45) is 5.41 Å². The summed E-state index contributed by atoms with van der Waals surface area (Å²) >= 11 is 17.5. The van der Waals surface area contributed by atoms with Gasteiger partial charge in [0.1, 0.15) is 0 Å². The van der Waals surface area contributed by atoms with Gasteiger partial charge in [-0.25, -0.2) is 0 Å². The number of anilines is 1. The van der Waals surface area contributed by atoms with Crippen molar-refractivity contribution in [3.8, 4) is 0 Å². The molecule has 1 unspecified atom stereocenters. The summed E-state index contributed by atoms with van der Waals surface area (Å²) in [6.07, 6.45) is 0. The number of hydrogen-bond acceptors (Lipinski definition) is 2. The van der Waals surface area contributed by atoms with Gasteiger partial charge in [0, 0.05) is 11.1 Å². The molecule has 0 fully saturated rings. The maximum absolute atomic E-state index is 11.9. The molecule has 0 aliphatic carbocycles. The molecular formula is C13H14Cl3NO2. The van der Waals surface area contributed by atoms with Gasteiger partial charge in [-0.2, -0.15) is 0 Å². The second-order valence-electron chi connectivity index (χ2n) is 5.09. The molecule has 0 bridgehead atoms. The quantitative estimate of drug-likeness (QED) is 0.671. The Morgan fingerprint density at radius 1 is 1.16 bits per heavy atom. The lowest BCUT2D eigenvalue weighted by atomic mass is 9.88. The van der Waals surface area contributed by atoms with Gasteiger partial charge in [-0.3, -0.25) is 9.59 Å². The lowest BCUT2D eigenvalue weighted by Crippen LogP contribution is -2.37. The number of carbonyl (C=O) groups excluding carboxylic acids is 2. The summed E-state index contributed by atoms with van der Waals surface area (Å²) < 4.78 is 0. The molecule has 104 valence electrons. The van der Waals surface area contributed by atoms with E-state index in [1.54, 1.807) is 32.9 Å². The van der Waals surface area contributed by atoms with Gasteiger partial charge in [0.15, 0.2) is 11.2 Å². The van der Waals surface area contributed by atoms with Gasteiger partial charge in [-0.1, -0.05) is 44.0 Å². The molecule has 0 aliphatic heterocycles. The summed E-state index contributed by atoms with van der Waals surface area (Å²) in [5, 5.41) is 1.98. The van der Waals surface area contributed by atoms with Gasteiger partial charge in [-0.15, -0.1) is 11.6 Å². The van der Waals surface area contributed by atoms with Crippen LogP contribution in [-0.4, -0.2) is 17.1 Å². The van der Waals surface area contributed by atoms with Crippen LogP contribution >= 0.6 is 34.8 Å². The van der Waals surface area contributed by atoms with Crippen LogP contribution in [0.25, 0.3) is 0 Å². The number of nitrogens with one attached hydrogen (secondary N) is 1. The Kier molecular flexibility index (Phi) is 5.25. The number of ketones is 1. The van der Waals surface area contributed by atoms with E-state index in [1.807, 2.05) is 0 Å². The van der Waals surface area contributed by atoms with Crippen molar-refractivity contribution < 1.29 is 9.59 Å².